The van der Waals surface area contributed by atoms with Gasteiger partial charge >= 0.3 is 63.3 Å². The molecular weight excluding hydrogens is 235 g/mol. The summed E-state index contributed by atoms with van der Waals surface area (Å²) in [4.78, 5) is 21.3. The van der Waals surface area contributed by atoms with Crippen molar-refractivity contribution in [1.29, 1.82) is 0 Å². The Balaban J connectivity index is -0.000000980. The van der Waals surface area contributed by atoms with Crippen LogP contribution in [-0.2, 0) is 9.59 Å². The molecule has 0 aromatic heterocycles. The predicted molar refractivity (Wildman–Crippen MR) is 57.7 cm³/mol. The molecule has 0 unspecified atom stereocenters. The molecule has 0 heterocycles. The number of rotatable bonds is 5. The smallest absolute Gasteiger partial charge is 1.00 e. The second kappa shape index (κ2) is 9.12. The van der Waals surface area contributed by atoms with Gasteiger partial charge in [-0.15, -0.1) is 0 Å². The van der Waals surface area contributed by atoms with Crippen molar-refractivity contribution in [1.82, 2.24) is 0 Å². The van der Waals surface area contributed by atoms with E-state index in [0.29, 0.717) is 12.0 Å². The number of carboxylic acids is 2. The molecule has 0 aromatic rings. The molecule has 16 heavy (non-hydrogen) atoms. The molecule has 0 atom stereocenters. The molecule has 0 aliphatic rings. The van der Waals surface area contributed by atoms with Gasteiger partial charge in [0.15, 0.2) is 0 Å². The first-order valence-electron chi connectivity index (χ1n) is 4.74. The van der Waals surface area contributed by atoms with E-state index >= 15 is 0 Å². The third-order valence-corrected chi connectivity index (χ3v) is 2.05. The van der Waals surface area contributed by atoms with Crippen LogP contribution < -0.4 is 51.4 Å². The topological polar surface area (TPSA) is 74.6 Å². The molecule has 0 aliphatic heterocycles. The maximum Gasteiger partial charge on any atom is 1.00 e. The number of carbonyl (C=O) groups is 2. The fourth-order valence-corrected chi connectivity index (χ4v) is 1.10. The van der Waals surface area contributed by atoms with Gasteiger partial charge in [-0.25, -0.2) is 9.59 Å². The van der Waals surface area contributed by atoms with Gasteiger partial charge in [0.2, 0.25) is 0 Å². The normalized spacial score (nSPS) is 12.6. The minimum atomic E-state index is -1.03. The van der Waals surface area contributed by atoms with Crippen molar-refractivity contribution in [3.8, 4) is 0 Å². The Morgan fingerprint density at radius 1 is 1.19 bits per heavy atom. The first-order chi connectivity index (χ1) is 6.90. The molecule has 5 heteroatoms. The summed E-state index contributed by atoms with van der Waals surface area (Å²) in [5.74, 6) is -2.03. The van der Waals surface area contributed by atoms with Crippen molar-refractivity contribution in [3.63, 3.8) is 0 Å². The summed E-state index contributed by atoms with van der Waals surface area (Å²) < 4.78 is 0. The number of carboxylic acid groups (broad SMARTS) is 2. The van der Waals surface area contributed by atoms with Gasteiger partial charge in [0, 0.05) is 11.1 Å². The Bertz CT molecular complexity index is 334. The molecule has 0 fully saturated rings. The molecule has 0 bridgehead atoms. The molecule has 0 spiro atoms. The summed E-state index contributed by atoms with van der Waals surface area (Å²) >= 11 is 0. The fraction of sp³-hybridized carbons (Fsp3) is 0.455. The summed E-state index contributed by atoms with van der Waals surface area (Å²) in [7, 11) is 0. The van der Waals surface area contributed by atoms with Gasteiger partial charge in [0.1, 0.15) is 0 Å². The van der Waals surface area contributed by atoms with Crippen molar-refractivity contribution in [3.05, 3.63) is 22.8 Å². The first kappa shape index (κ1) is 18.4. The summed E-state index contributed by atoms with van der Waals surface area (Å²) in [6, 6.07) is 0. The maximum atomic E-state index is 10.7. The van der Waals surface area contributed by atoms with E-state index in [1.54, 1.807) is 0 Å². The standard InChI is InChI=1S/C11H16O4.K.H/c1-4-5-9(8(3)11(14)15)6-7(2)10(12)13;;/h6H,4-5H2,1-3H3,(H,12,13)(H,14,15);;/q;+1;-1. The number of hydrogen-bond acceptors (Lipinski definition) is 2. The monoisotopic (exact) mass is 252 g/mol. The van der Waals surface area contributed by atoms with Crippen molar-refractivity contribution >= 4 is 11.9 Å². The van der Waals surface area contributed by atoms with E-state index in [1.807, 2.05) is 6.92 Å². The van der Waals surface area contributed by atoms with Gasteiger partial charge < -0.3 is 11.6 Å². The van der Waals surface area contributed by atoms with Crippen LogP contribution in [0.15, 0.2) is 22.8 Å². The summed E-state index contributed by atoms with van der Waals surface area (Å²) in [5, 5.41) is 17.5. The molecule has 86 valence electrons. The predicted octanol–water partition coefficient (Wildman–Crippen LogP) is -0.665. The zero-order valence-corrected chi connectivity index (χ0v) is 13.3. The third-order valence-electron chi connectivity index (χ3n) is 2.05. The summed E-state index contributed by atoms with van der Waals surface area (Å²) in [6.45, 7) is 4.85. The van der Waals surface area contributed by atoms with Crippen LogP contribution in [0.4, 0.5) is 0 Å². The second-order valence-electron chi connectivity index (χ2n) is 3.34. The third kappa shape index (κ3) is 6.60. The zero-order chi connectivity index (χ0) is 12.0. The fourth-order valence-electron chi connectivity index (χ4n) is 1.10. The van der Waals surface area contributed by atoms with Crippen molar-refractivity contribution in [2.75, 3.05) is 0 Å². The maximum absolute atomic E-state index is 10.7. The largest absolute Gasteiger partial charge is 1.00 e. The van der Waals surface area contributed by atoms with Crippen LogP contribution >= 0.6 is 0 Å². The van der Waals surface area contributed by atoms with Crippen molar-refractivity contribution < 1.29 is 72.6 Å². The summed E-state index contributed by atoms with van der Waals surface area (Å²) in [5.41, 5.74) is 0.932. The van der Waals surface area contributed by atoms with Crippen LogP contribution in [-0.4, -0.2) is 22.2 Å². The Morgan fingerprint density at radius 2 is 1.69 bits per heavy atom. The molecule has 2 N–H and O–H groups in total. The second-order valence-corrected chi connectivity index (χ2v) is 3.34. The molecule has 0 rings (SSSR count). The van der Waals surface area contributed by atoms with Gasteiger partial charge in [-0.1, -0.05) is 13.3 Å². The minimum absolute atomic E-state index is 0. The number of allylic oxidation sites excluding steroid dienone is 2. The van der Waals surface area contributed by atoms with E-state index < -0.39 is 11.9 Å². The van der Waals surface area contributed by atoms with E-state index in [1.165, 1.54) is 19.9 Å². The SMILES string of the molecule is CCCC(C=C(C)C(=O)O)=C(C)C(=O)O.[H-].[K+]. The van der Waals surface area contributed by atoms with Gasteiger partial charge in [-0.3, -0.25) is 0 Å². The molecular formula is C11H17KO4. The van der Waals surface area contributed by atoms with Gasteiger partial charge in [0.25, 0.3) is 0 Å². The number of hydrogen-bond donors (Lipinski definition) is 2. The Hall–Kier alpha value is 0.0564. The van der Waals surface area contributed by atoms with Crippen molar-refractivity contribution in [2.24, 2.45) is 0 Å². The van der Waals surface area contributed by atoms with E-state index in [9.17, 15) is 9.59 Å². The molecule has 0 amide bonds. The van der Waals surface area contributed by atoms with Crippen molar-refractivity contribution in [2.45, 2.75) is 33.6 Å². The molecule has 0 saturated carbocycles. The Labute approximate surface area is 139 Å². The van der Waals surface area contributed by atoms with Gasteiger partial charge in [-0.05, 0) is 31.9 Å². The van der Waals surface area contributed by atoms with Crippen LogP contribution in [0.2, 0.25) is 0 Å². The Morgan fingerprint density at radius 3 is 2.00 bits per heavy atom. The van der Waals surface area contributed by atoms with Crippen LogP contribution in [0.1, 0.15) is 35.0 Å². The molecule has 0 aromatic carbocycles. The van der Waals surface area contributed by atoms with Gasteiger partial charge in [-0.2, -0.15) is 0 Å². The van der Waals surface area contributed by atoms with E-state index in [-0.39, 0.29) is 64.0 Å². The first-order valence-corrected chi connectivity index (χ1v) is 4.74. The molecule has 4 nitrogen and oxygen atoms in total. The average Bonchev–Trinajstić information content (AvgIpc) is 2.15. The number of aliphatic carboxylic acids is 2. The Kier molecular flexibility index (Phi) is 10.5. The van der Waals surface area contributed by atoms with Crippen LogP contribution in [0.25, 0.3) is 0 Å². The van der Waals surface area contributed by atoms with Crippen LogP contribution in [0.5, 0.6) is 0 Å². The molecule has 0 radical (unpaired) electrons. The summed E-state index contributed by atoms with van der Waals surface area (Å²) in [6.07, 6.45) is 2.78. The molecule has 0 aliphatic carbocycles. The van der Waals surface area contributed by atoms with Crippen LogP contribution in [0.3, 0.4) is 0 Å². The van der Waals surface area contributed by atoms with Gasteiger partial charge in [0.05, 0.1) is 0 Å². The quantitative estimate of drug-likeness (QED) is 0.387. The van der Waals surface area contributed by atoms with E-state index in [4.69, 9.17) is 10.2 Å². The van der Waals surface area contributed by atoms with E-state index in [0.717, 1.165) is 6.42 Å². The van der Waals surface area contributed by atoms with Crippen LogP contribution in [0, 0.1) is 0 Å². The van der Waals surface area contributed by atoms with E-state index in [2.05, 4.69) is 0 Å². The minimum Gasteiger partial charge on any atom is -1.00 e. The zero-order valence-electron chi connectivity index (χ0n) is 11.2. The average molecular weight is 252 g/mol. The molecule has 0 saturated heterocycles.